The second-order valence-electron chi connectivity index (χ2n) is 8.46. The van der Waals surface area contributed by atoms with E-state index in [1.165, 1.54) is 0 Å². The summed E-state index contributed by atoms with van der Waals surface area (Å²) in [7, 11) is 0. The van der Waals surface area contributed by atoms with E-state index in [9.17, 15) is 4.79 Å². The van der Waals surface area contributed by atoms with Crippen LogP contribution in [0.1, 0.15) is 35.3 Å². The van der Waals surface area contributed by atoms with Gasteiger partial charge in [0.05, 0.1) is 6.04 Å². The van der Waals surface area contributed by atoms with Crippen LogP contribution >= 0.6 is 11.6 Å². The number of rotatable bonds is 5. The number of para-hydroxylation sites is 2. The second-order valence-corrected chi connectivity index (χ2v) is 8.90. The zero-order valence-electron chi connectivity index (χ0n) is 18.8. The van der Waals surface area contributed by atoms with E-state index in [0.29, 0.717) is 16.3 Å². The monoisotopic (exact) mass is 468 g/mol. The fraction of sp³-hybridized carbons (Fsp3) is 0.138. The number of fused-ring (bicyclic) bond motifs is 1. The van der Waals surface area contributed by atoms with Gasteiger partial charge in [0.2, 0.25) is 0 Å². The first kappa shape index (κ1) is 22.1. The smallest absolute Gasteiger partial charge is 0.258 e. The van der Waals surface area contributed by atoms with Crippen molar-refractivity contribution >= 4 is 28.9 Å². The van der Waals surface area contributed by atoms with Crippen LogP contribution in [-0.2, 0) is 0 Å². The lowest BCUT2D eigenvalue weighted by Gasteiger charge is -2.40. The van der Waals surface area contributed by atoms with Crippen LogP contribution in [0.15, 0.2) is 103 Å². The maximum absolute atomic E-state index is 13.6. The summed E-state index contributed by atoms with van der Waals surface area (Å²) in [6.45, 7) is 2.09. The first-order valence-corrected chi connectivity index (χ1v) is 11.7. The Labute approximate surface area is 204 Å². The number of amides is 1. The van der Waals surface area contributed by atoms with E-state index in [4.69, 9.17) is 16.3 Å². The van der Waals surface area contributed by atoms with E-state index in [-0.39, 0.29) is 18.0 Å². The van der Waals surface area contributed by atoms with Gasteiger partial charge < -0.3 is 15.0 Å². The summed E-state index contributed by atoms with van der Waals surface area (Å²) in [4.78, 5) is 15.5. The number of benzene rings is 4. The Kier molecular flexibility index (Phi) is 6.24. The molecule has 0 bridgehead atoms. The molecule has 1 amide bonds. The van der Waals surface area contributed by atoms with Crippen LogP contribution in [0.25, 0.3) is 0 Å². The van der Waals surface area contributed by atoms with Gasteiger partial charge in [-0.25, -0.2) is 0 Å². The molecule has 1 aliphatic heterocycles. The van der Waals surface area contributed by atoms with Crippen LogP contribution in [-0.4, -0.2) is 11.9 Å². The minimum Gasteiger partial charge on any atom is -0.457 e. The van der Waals surface area contributed by atoms with Crippen molar-refractivity contribution in [3.8, 4) is 11.5 Å². The summed E-state index contributed by atoms with van der Waals surface area (Å²) in [5.41, 5.74) is 3.67. The molecule has 0 aromatic heterocycles. The lowest BCUT2D eigenvalue weighted by Crippen LogP contribution is -2.44. The summed E-state index contributed by atoms with van der Waals surface area (Å²) < 4.78 is 5.87. The Bertz CT molecular complexity index is 1270. The molecule has 2 unspecified atom stereocenters. The number of nitrogens with one attached hydrogen (secondary N) is 1. The van der Waals surface area contributed by atoms with Crippen molar-refractivity contribution in [2.75, 3.05) is 10.2 Å². The Morgan fingerprint density at radius 2 is 1.50 bits per heavy atom. The van der Waals surface area contributed by atoms with Crippen LogP contribution in [0.5, 0.6) is 11.5 Å². The van der Waals surface area contributed by atoms with Crippen molar-refractivity contribution in [3.63, 3.8) is 0 Å². The molecule has 4 aromatic carbocycles. The SMILES string of the molecule is CC1CC(Nc2ccc(Cl)cc2)c2ccccc2N1C(=O)c1ccc(Oc2ccccc2)cc1. The average molecular weight is 469 g/mol. The van der Waals surface area contributed by atoms with Crippen LogP contribution in [0.4, 0.5) is 11.4 Å². The van der Waals surface area contributed by atoms with Crippen molar-refractivity contribution in [2.24, 2.45) is 0 Å². The highest BCUT2D eigenvalue weighted by molar-refractivity contribution is 6.30. The minimum atomic E-state index is -0.0174. The Hall–Kier alpha value is -3.76. The molecule has 4 nitrogen and oxygen atoms in total. The Morgan fingerprint density at radius 3 is 2.24 bits per heavy atom. The van der Waals surface area contributed by atoms with Gasteiger partial charge in [0.15, 0.2) is 0 Å². The van der Waals surface area contributed by atoms with Gasteiger partial charge in [0.1, 0.15) is 11.5 Å². The highest BCUT2D eigenvalue weighted by atomic mass is 35.5. The third kappa shape index (κ3) is 4.63. The average Bonchev–Trinajstić information content (AvgIpc) is 2.86. The number of carbonyl (C=O) groups is 1. The molecular formula is C29H25ClN2O2. The van der Waals surface area contributed by atoms with Gasteiger partial charge in [-0.2, -0.15) is 0 Å². The van der Waals surface area contributed by atoms with Gasteiger partial charge in [-0.15, -0.1) is 0 Å². The van der Waals surface area contributed by atoms with E-state index < -0.39 is 0 Å². The number of nitrogens with zero attached hydrogens (tertiary/aromatic N) is 1. The summed E-state index contributed by atoms with van der Waals surface area (Å²) >= 11 is 6.04. The lowest BCUT2D eigenvalue weighted by atomic mass is 9.90. The number of anilines is 2. The molecule has 1 aliphatic rings. The maximum atomic E-state index is 13.6. The summed E-state index contributed by atoms with van der Waals surface area (Å²) in [6.07, 6.45) is 0.792. The van der Waals surface area contributed by atoms with E-state index in [2.05, 4.69) is 18.3 Å². The second kappa shape index (κ2) is 9.62. The lowest BCUT2D eigenvalue weighted by molar-refractivity contribution is 0.0974. The van der Waals surface area contributed by atoms with E-state index >= 15 is 0 Å². The first-order valence-electron chi connectivity index (χ1n) is 11.4. The first-order chi connectivity index (χ1) is 16.6. The summed E-state index contributed by atoms with van der Waals surface area (Å²) in [5, 5.41) is 4.32. The zero-order valence-corrected chi connectivity index (χ0v) is 19.6. The molecule has 0 saturated heterocycles. The van der Waals surface area contributed by atoms with Crippen LogP contribution in [0, 0.1) is 0 Å². The Morgan fingerprint density at radius 1 is 0.853 bits per heavy atom. The van der Waals surface area contributed by atoms with E-state index in [0.717, 1.165) is 29.1 Å². The van der Waals surface area contributed by atoms with E-state index in [1.807, 2.05) is 102 Å². The van der Waals surface area contributed by atoms with E-state index in [1.54, 1.807) is 0 Å². The molecule has 5 rings (SSSR count). The van der Waals surface area contributed by atoms with Crippen molar-refractivity contribution < 1.29 is 9.53 Å². The van der Waals surface area contributed by atoms with Gasteiger partial charge in [-0.3, -0.25) is 4.79 Å². The fourth-order valence-electron chi connectivity index (χ4n) is 4.44. The summed E-state index contributed by atoms with van der Waals surface area (Å²) in [6, 6.07) is 32.9. The number of carbonyl (C=O) groups excluding carboxylic acids is 1. The van der Waals surface area contributed by atoms with Gasteiger partial charge >= 0.3 is 0 Å². The molecule has 0 radical (unpaired) electrons. The van der Waals surface area contributed by atoms with Crippen LogP contribution < -0.4 is 15.0 Å². The molecule has 170 valence electrons. The molecular weight excluding hydrogens is 444 g/mol. The molecule has 0 saturated carbocycles. The topological polar surface area (TPSA) is 41.6 Å². The zero-order chi connectivity index (χ0) is 23.5. The van der Waals surface area contributed by atoms with Gasteiger partial charge in [0.25, 0.3) is 5.91 Å². The molecule has 1 heterocycles. The number of hydrogen-bond donors (Lipinski definition) is 1. The molecule has 1 N–H and O–H groups in total. The molecule has 0 aliphatic carbocycles. The van der Waals surface area contributed by atoms with Crippen molar-refractivity contribution in [3.05, 3.63) is 119 Å². The third-order valence-corrected chi connectivity index (χ3v) is 6.33. The maximum Gasteiger partial charge on any atom is 0.258 e. The highest BCUT2D eigenvalue weighted by Gasteiger charge is 2.34. The summed E-state index contributed by atoms with van der Waals surface area (Å²) in [5.74, 6) is 1.44. The minimum absolute atomic E-state index is 0.0174. The Balaban J connectivity index is 1.38. The van der Waals surface area contributed by atoms with Crippen molar-refractivity contribution in [1.82, 2.24) is 0 Å². The van der Waals surface area contributed by atoms with Crippen LogP contribution in [0.2, 0.25) is 5.02 Å². The molecule has 0 fully saturated rings. The largest absolute Gasteiger partial charge is 0.457 e. The standard InChI is InChI=1S/C29H25ClN2O2/c1-20-19-27(31-23-15-13-22(30)14-16-23)26-9-5-6-10-28(26)32(20)29(33)21-11-17-25(18-12-21)34-24-7-3-2-4-8-24/h2-18,20,27,31H,19H2,1H3. The third-order valence-electron chi connectivity index (χ3n) is 6.07. The molecule has 2 atom stereocenters. The molecule has 5 heteroatoms. The quantitative estimate of drug-likeness (QED) is 0.326. The molecule has 0 spiro atoms. The van der Waals surface area contributed by atoms with Gasteiger partial charge in [-0.05, 0) is 85.6 Å². The van der Waals surface area contributed by atoms with Crippen molar-refractivity contribution in [1.29, 1.82) is 0 Å². The van der Waals surface area contributed by atoms with Crippen LogP contribution in [0.3, 0.4) is 0 Å². The normalized spacial score (nSPS) is 17.1. The van der Waals surface area contributed by atoms with Gasteiger partial charge in [-0.1, -0.05) is 48.0 Å². The predicted molar refractivity (Wildman–Crippen MR) is 138 cm³/mol. The predicted octanol–water partition coefficient (Wildman–Crippen LogP) is 7.72. The molecule has 4 aromatic rings. The molecule has 34 heavy (non-hydrogen) atoms. The number of ether oxygens (including phenoxy) is 1. The fourth-order valence-corrected chi connectivity index (χ4v) is 4.56. The highest BCUT2D eigenvalue weighted by Crippen LogP contribution is 2.39. The van der Waals surface area contributed by atoms with Crippen molar-refractivity contribution in [2.45, 2.75) is 25.4 Å². The van der Waals surface area contributed by atoms with Gasteiger partial charge in [0, 0.05) is 28.0 Å². The number of halogens is 1. The number of hydrogen-bond acceptors (Lipinski definition) is 3.